The fourth-order valence-electron chi connectivity index (χ4n) is 1.59. The summed E-state index contributed by atoms with van der Waals surface area (Å²) in [5, 5.41) is 2.65. The Kier molecular flexibility index (Phi) is 4.28. The summed E-state index contributed by atoms with van der Waals surface area (Å²) >= 11 is 0. The van der Waals surface area contributed by atoms with Crippen molar-refractivity contribution in [2.45, 2.75) is 32.4 Å². The molecule has 1 aliphatic heterocycles. The van der Waals surface area contributed by atoms with Crippen molar-refractivity contribution in [2.24, 2.45) is 5.92 Å². The molecule has 1 amide bonds. The summed E-state index contributed by atoms with van der Waals surface area (Å²) in [5.41, 5.74) is -0.554. The van der Waals surface area contributed by atoms with Crippen molar-refractivity contribution < 1.29 is 19.1 Å². The van der Waals surface area contributed by atoms with Gasteiger partial charge in [0.2, 0.25) is 0 Å². The summed E-state index contributed by atoms with van der Waals surface area (Å²) in [7, 11) is 0. The molecule has 0 aromatic carbocycles. The Morgan fingerprint density at radius 1 is 1.41 bits per heavy atom. The van der Waals surface area contributed by atoms with Gasteiger partial charge in [0, 0.05) is 0 Å². The SMILES string of the molecule is C=CC(=O)C1COCC1NC(=O)OC(C)(C)C. The van der Waals surface area contributed by atoms with Gasteiger partial charge in [-0.1, -0.05) is 6.58 Å². The summed E-state index contributed by atoms with van der Waals surface area (Å²) in [5.74, 6) is -0.483. The highest BCUT2D eigenvalue weighted by molar-refractivity contribution is 5.92. The molecule has 1 aliphatic rings. The number of nitrogens with one attached hydrogen (secondary N) is 1. The van der Waals surface area contributed by atoms with Gasteiger partial charge in [0.05, 0.1) is 25.2 Å². The number of carbonyl (C=O) groups is 2. The van der Waals surface area contributed by atoms with Gasteiger partial charge < -0.3 is 14.8 Å². The molecule has 0 saturated carbocycles. The van der Waals surface area contributed by atoms with E-state index in [1.807, 2.05) is 0 Å². The van der Waals surface area contributed by atoms with Crippen LogP contribution in [-0.4, -0.2) is 36.7 Å². The molecule has 5 nitrogen and oxygen atoms in total. The van der Waals surface area contributed by atoms with Crippen molar-refractivity contribution >= 4 is 11.9 Å². The second-order valence-electron chi connectivity index (χ2n) is 5.00. The highest BCUT2D eigenvalue weighted by Crippen LogP contribution is 2.16. The van der Waals surface area contributed by atoms with Gasteiger partial charge in [-0.2, -0.15) is 0 Å². The van der Waals surface area contributed by atoms with Crippen molar-refractivity contribution in [3.8, 4) is 0 Å². The van der Waals surface area contributed by atoms with Crippen LogP contribution in [0.15, 0.2) is 12.7 Å². The molecule has 2 unspecified atom stereocenters. The summed E-state index contributed by atoms with van der Waals surface area (Å²) in [6.07, 6.45) is 0.721. The van der Waals surface area contributed by atoms with Crippen LogP contribution in [0.25, 0.3) is 0 Å². The minimum Gasteiger partial charge on any atom is -0.444 e. The molecule has 96 valence electrons. The number of hydrogen-bond acceptors (Lipinski definition) is 4. The first-order chi connectivity index (χ1) is 7.83. The highest BCUT2D eigenvalue weighted by Gasteiger charge is 2.34. The van der Waals surface area contributed by atoms with Gasteiger partial charge in [-0.15, -0.1) is 0 Å². The average Bonchev–Trinajstić information content (AvgIpc) is 2.61. The minimum atomic E-state index is -0.554. The normalized spacial score (nSPS) is 24.2. The highest BCUT2D eigenvalue weighted by atomic mass is 16.6. The lowest BCUT2D eigenvalue weighted by Gasteiger charge is -2.22. The smallest absolute Gasteiger partial charge is 0.407 e. The predicted molar refractivity (Wildman–Crippen MR) is 62.7 cm³/mol. The first-order valence-corrected chi connectivity index (χ1v) is 5.57. The Balaban J connectivity index is 2.53. The molecule has 0 aromatic heterocycles. The standard InChI is InChI=1S/C12H19NO4/c1-5-10(14)8-6-16-7-9(8)13-11(15)17-12(2,3)4/h5,8-9H,1,6-7H2,2-4H3,(H,13,15). The van der Waals surface area contributed by atoms with Crippen LogP contribution >= 0.6 is 0 Å². The van der Waals surface area contributed by atoms with Gasteiger partial charge in [-0.05, 0) is 26.8 Å². The Bertz CT molecular complexity index is 319. The van der Waals surface area contributed by atoms with E-state index in [1.165, 1.54) is 6.08 Å². The van der Waals surface area contributed by atoms with Crippen LogP contribution in [0.1, 0.15) is 20.8 Å². The second kappa shape index (κ2) is 5.31. The molecule has 0 bridgehead atoms. The van der Waals surface area contributed by atoms with Gasteiger partial charge in [-0.3, -0.25) is 4.79 Å². The van der Waals surface area contributed by atoms with Crippen molar-refractivity contribution in [3.05, 3.63) is 12.7 Å². The van der Waals surface area contributed by atoms with Crippen LogP contribution in [0, 0.1) is 5.92 Å². The molecule has 1 fully saturated rings. The quantitative estimate of drug-likeness (QED) is 0.756. The van der Waals surface area contributed by atoms with E-state index in [4.69, 9.17) is 9.47 Å². The molecule has 0 aromatic rings. The van der Waals surface area contributed by atoms with Crippen LogP contribution in [-0.2, 0) is 14.3 Å². The van der Waals surface area contributed by atoms with Gasteiger partial charge in [0.25, 0.3) is 0 Å². The van der Waals surface area contributed by atoms with Crippen LogP contribution in [0.2, 0.25) is 0 Å². The lowest BCUT2D eigenvalue weighted by molar-refractivity contribution is -0.118. The summed E-state index contributed by atoms with van der Waals surface area (Å²) in [6, 6.07) is -0.338. The van der Waals surface area contributed by atoms with Gasteiger partial charge in [0.15, 0.2) is 5.78 Å². The third-order valence-electron chi connectivity index (χ3n) is 2.35. The van der Waals surface area contributed by atoms with Gasteiger partial charge >= 0.3 is 6.09 Å². The van der Waals surface area contributed by atoms with Gasteiger partial charge in [0.1, 0.15) is 5.60 Å². The van der Waals surface area contributed by atoms with Gasteiger partial charge in [-0.25, -0.2) is 4.79 Å². The number of rotatable bonds is 3. The molecular weight excluding hydrogens is 222 g/mol. The topological polar surface area (TPSA) is 64.6 Å². The van der Waals surface area contributed by atoms with E-state index >= 15 is 0 Å². The number of allylic oxidation sites excluding steroid dienone is 1. The van der Waals surface area contributed by atoms with E-state index in [0.29, 0.717) is 13.2 Å². The Hall–Kier alpha value is -1.36. The molecule has 0 spiro atoms. The number of hydrogen-bond donors (Lipinski definition) is 1. The predicted octanol–water partition coefficient (Wildman–Crippen LogP) is 1.28. The second-order valence-corrected chi connectivity index (χ2v) is 5.00. The van der Waals surface area contributed by atoms with Crippen molar-refractivity contribution in [1.82, 2.24) is 5.32 Å². The van der Waals surface area contributed by atoms with E-state index in [1.54, 1.807) is 20.8 Å². The maximum Gasteiger partial charge on any atom is 0.407 e. The number of alkyl carbamates (subject to hydrolysis) is 1. The number of ketones is 1. The van der Waals surface area contributed by atoms with Crippen LogP contribution in [0.4, 0.5) is 4.79 Å². The first kappa shape index (κ1) is 13.7. The third kappa shape index (κ3) is 4.19. The molecule has 1 rings (SSSR count). The van der Waals surface area contributed by atoms with Crippen LogP contribution < -0.4 is 5.32 Å². The maximum atomic E-state index is 11.5. The molecular formula is C12H19NO4. The summed E-state index contributed by atoms with van der Waals surface area (Å²) in [6.45, 7) is 9.41. The Labute approximate surface area is 101 Å². The fraction of sp³-hybridized carbons (Fsp3) is 0.667. The van der Waals surface area contributed by atoms with E-state index in [9.17, 15) is 9.59 Å². The van der Waals surface area contributed by atoms with E-state index in [-0.39, 0.29) is 17.7 Å². The Morgan fingerprint density at radius 2 is 2.06 bits per heavy atom. The van der Waals surface area contributed by atoms with Crippen LogP contribution in [0.3, 0.4) is 0 Å². The third-order valence-corrected chi connectivity index (χ3v) is 2.35. The monoisotopic (exact) mass is 241 g/mol. The zero-order chi connectivity index (χ0) is 13.1. The molecule has 2 atom stereocenters. The molecule has 5 heteroatoms. The summed E-state index contributed by atoms with van der Waals surface area (Å²) in [4.78, 5) is 23.0. The van der Waals surface area contributed by atoms with E-state index < -0.39 is 11.7 Å². The van der Waals surface area contributed by atoms with E-state index in [0.717, 1.165) is 0 Å². The largest absolute Gasteiger partial charge is 0.444 e. The van der Waals surface area contributed by atoms with Crippen LogP contribution in [0.5, 0.6) is 0 Å². The number of amides is 1. The fourth-order valence-corrected chi connectivity index (χ4v) is 1.59. The average molecular weight is 241 g/mol. The zero-order valence-corrected chi connectivity index (χ0v) is 10.5. The molecule has 0 radical (unpaired) electrons. The van der Waals surface area contributed by atoms with Crippen molar-refractivity contribution in [1.29, 1.82) is 0 Å². The molecule has 1 N–H and O–H groups in total. The lowest BCUT2D eigenvalue weighted by Crippen LogP contribution is -2.44. The Morgan fingerprint density at radius 3 is 2.59 bits per heavy atom. The molecule has 17 heavy (non-hydrogen) atoms. The number of carbonyl (C=O) groups excluding carboxylic acids is 2. The number of ether oxygens (including phenoxy) is 2. The summed E-state index contributed by atoms with van der Waals surface area (Å²) < 4.78 is 10.3. The molecule has 0 aliphatic carbocycles. The van der Waals surface area contributed by atoms with Crippen molar-refractivity contribution in [2.75, 3.05) is 13.2 Å². The maximum absolute atomic E-state index is 11.5. The van der Waals surface area contributed by atoms with Crippen molar-refractivity contribution in [3.63, 3.8) is 0 Å². The van der Waals surface area contributed by atoms with E-state index in [2.05, 4.69) is 11.9 Å². The minimum absolute atomic E-state index is 0.122. The molecule has 1 heterocycles. The molecule has 1 saturated heterocycles. The zero-order valence-electron chi connectivity index (χ0n) is 10.5. The lowest BCUT2D eigenvalue weighted by atomic mass is 9.99. The first-order valence-electron chi connectivity index (χ1n) is 5.57.